The van der Waals surface area contributed by atoms with Gasteiger partial charge in [-0.2, -0.15) is 4.31 Å². The number of ether oxygens (including phenoxy) is 1. The molecule has 7 heteroatoms. The summed E-state index contributed by atoms with van der Waals surface area (Å²) in [6.07, 6.45) is 2.97. The van der Waals surface area contributed by atoms with Crippen molar-refractivity contribution in [1.29, 1.82) is 0 Å². The Morgan fingerprint density at radius 2 is 1.87 bits per heavy atom. The molecule has 0 spiro atoms. The van der Waals surface area contributed by atoms with E-state index in [1.165, 1.54) is 4.31 Å². The average Bonchev–Trinajstić information content (AvgIpc) is 2.55. The van der Waals surface area contributed by atoms with E-state index in [1.807, 2.05) is 0 Å². The summed E-state index contributed by atoms with van der Waals surface area (Å²) in [4.78, 5) is 11.4. The van der Waals surface area contributed by atoms with Crippen LogP contribution in [0.15, 0.2) is 29.2 Å². The normalized spacial score (nSPS) is 17.1. The van der Waals surface area contributed by atoms with Gasteiger partial charge in [0.2, 0.25) is 15.9 Å². The monoisotopic (exact) mass is 340 g/mol. The molecule has 6 nitrogen and oxygen atoms in total. The first-order chi connectivity index (χ1) is 10.9. The van der Waals surface area contributed by atoms with Crippen LogP contribution in [-0.4, -0.2) is 38.3 Å². The van der Waals surface area contributed by atoms with E-state index in [0.717, 1.165) is 12.8 Å². The van der Waals surface area contributed by atoms with Gasteiger partial charge in [0.15, 0.2) is 0 Å². The number of hydrogen-bond donors (Lipinski definition) is 1. The molecule has 0 bridgehead atoms. The van der Waals surface area contributed by atoms with Crippen LogP contribution < -0.4 is 10.5 Å². The molecule has 0 atom stereocenters. The third-order valence-corrected chi connectivity index (χ3v) is 6.00. The number of carbonyl (C=O) groups is 1. The number of hydrogen-bond acceptors (Lipinski definition) is 4. The van der Waals surface area contributed by atoms with E-state index in [0.29, 0.717) is 38.3 Å². The predicted octanol–water partition coefficient (Wildman–Crippen LogP) is 1.75. The lowest BCUT2D eigenvalue weighted by atomic mass is 9.98. The molecular formula is C16H24N2O4S. The molecule has 1 fully saturated rings. The average molecular weight is 340 g/mol. The van der Waals surface area contributed by atoms with E-state index < -0.39 is 10.0 Å². The summed E-state index contributed by atoms with van der Waals surface area (Å²) in [5.41, 5.74) is 5.28. The highest BCUT2D eigenvalue weighted by Crippen LogP contribution is 2.25. The SMILES string of the molecule is CCCCOc1ccc(S(=O)(=O)N2CCC(C(N)=O)CC2)cc1. The second kappa shape index (κ2) is 7.79. The van der Waals surface area contributed by atoms with Crippen LogP contribution in [-0.2, 0) is 14.8 Å². The van der Waals surface area contributed by atoms with E-state index in [-0.39, 0.29) is 16.7 Å². The molecule has 1 aliphatic rings. The maximum Gasteiger partial charge on any atom is 0.243 e. The Hall–Kier alpha value is -1.60. The second-order valence-corrected chi connectivity index (χ2v) is 7.69. The Labute approximate surface area is 137 Å². The maximum absolute atomic E-state index is 12.6. The minimum atomic E-state index is -3.53. The molecule has 1 aromatic carbocycles. The molecule has 128 valence electrons. The van der Waals surface area contributed by atoms with Crippen molar-refractivity contribution in [2.45, 2.75) is 37.5 Å². The van der Waals surface area contributed by atoms with Crippen molar-refractivity contribution in [3.63, 3.8) is 0 Å². The summed E-state index contributed by atoms with van der Waals surface area (Å²) in [7, 11) is -3.53. The smallest absolute Gasteiger partial charge is 0.243 e. The molecule has 0 aromatic heterocycles. The van der Waals surface area contributed by atoms with Gasteiger partial charge in [-0.05, 0) is 43.5 Å². The summed E-state index contributed by atoms with van der Waals surface area (Å²) < 4.78 is 32.2. The first-order valence-electron chi connectivity index (χ1n) is 7.97. The van der Waals surface area contributed by atoms with Crippen LogP contribution in [0.3, 0.4) is 0 Å². The largest absolute Gasteiger partial charge is 0.494 e. The van der Waals surface area contributed by atoms with Crippen molar-refractivity contribution < 1.29 is 17.9 Å². The number of carbonyl (C=O) groups excluding carboxylic acids is 1. The standard InChI is InChI=1S/C16H24N2O4S/c1-2-3-12-22-14-4-6-15(7-5-14)23(20,21)18-10-8-13(9-11-18)16(17)19/h4-7,13H,2-3,8-12H2,1H3,(H2,17,19). The minimum absolute atomic E-state index is 0.226. The molecule has 0 unspecified atom stereocenters. The van der Waals surface area contributed by atoms with Gasteiger partial charge >= 0.3 is 0 Å². The van der Waals surface area contributed by atoms with Gasteiger partial charge in [-0.1, -0.05) is 13.3 Å². The number of unbranched alkanes of at least 4 members (excludes halogenated alkanes) is 1. The lowest BCUT2D eigenvalue weighted by Gasteiger charge is -2.29. The molecule has 0 saturated carbocycles. The lowest BCUT2D eigenvalue weighted by molar-refractivity contribution is -0.122. The van der Waals surface area contributed by atoms with E-state index >= 15 is 0 Å². The zero-order valence-corrected chi connectivity index (χ0v) is 14.2. The van der Waals surface area contributed by atoms with Crippen LogP contribution in [0.5, 0.6) is 5.75 Å². The maximum atomic E-state index is 12.6. The molecule has 1 aliphatic heterocycles. The van der Waals surface area contributed by atoms with Crippen molar-refractivity contribution in [3.8, 4) is 5.75 Å². The van der Waals surface area contributed by atoms with Gasteiger partial charge < -0.3 is 10.5 Å². The fourth-order valence-corrected chi connectivity index (χ4v) is 4.04. The van der Waals surface area contributed by atoms with Gasteiger partial charge in [0.1, 0.15) is 5.75 Å². The number of nitrogens with two attached hydrogens (primary N) is 1. The molecule has 1 aromatic rings. The van der Waals surface area contributed by atoms with Crippen molar-refractivity contribution in [2.75, 3.05) is 19.7 Å². The van der Waals surface area contributed by atoms with E-state index in [4.69, 9.17) is 10.5 Å². The van der Waals surface area contributed by atoms with Gasteiger partial charge in [0, 0.05) is 19.0 Å². The summed E-state index contributed by atoms with van der Waals surface area (Å²) >= 11 is 0. The molecule has 2 rings (SSSR count). The predicted molar refractivity (Wildman–Crippen MR) is 87.5 cm³/mol. The first-order valence-corrected chi connectivity index (χ1v) is 9.41. The molecule has 0 aliphatic carbocycles. The number of primary amides is 1. The van der Waals surface area contributed by atoms with Gasteiger partial charge in [-0.15, -0.1) is 0 Å². The molecule has 1 heterocycles. The zero-order valence-electron chi connectivity index (χ0n) is 13.4. The van der Waals surface area contributed by atoms with Gasteiger partial charge in [0.05, 0.1) is 11.5 Å². The summed E-state index contributed by atoms with van der Waals surface area (Å²) in [5, 5.41) is 0. The van der Waals surface area contributed by atoms with Crippen LogP contribution in [0.2, 0.25) is 0 Å². The topological polar surface area (TPSA) is 89.7 Å². The summed E-state index contributed by atoms with van der Waals surface area (Å²) in [6, 6.07) is 6.49. The van der Waals surface area contributed by atoms with Crippen LogP contribution in [0.4, 0.5) is 0 Å². The fraction of sp³-hybridized carbons (Fsp3) is 0.562. The number of rotatable bonds is 7. The summed E-state index contributed by atoms with van der Waals surface area (Å²) in [5.74, 6) is 0.0938. The van der Waals surface area contributed by atoms with Crippen molar-refractivity contribution in [2.24, 2.45) is 11.7 Å². The van der Waals surface area contributed by atoms with E-state index in [2.05, 4.69) is 6.92 Å². The highest BCUT2D eigenvalue weighted by atomic mass is 32.2. The van der Waals surface area contributed by atoms with Crippen LogP contribution >= 0.6 is 0 Å². The first kappa shape index (κ1) is 17.7. The zero-order chi connectivity index (χ0) is 16.9. The van der Waals surface area contributed by atoms with Crippen LogP contribution in [0.25, 0.3) is 0 Å². The van der Waals surface area contributed by atoms with Crippen LogP contribution in [0.1, 0.15) is 32.6 Å². The second-order valence-electron chi connectivity index (χ2n) is 5.75. The van der Waals surface area contributed by atoms with Crippen LogP contribution in [0, 0.1) is 5.92 Å². The molecule has 2 N–H and O–H groups in total. The highest BCUT2D eigenvalue weighted by Gasteiger charge is 2.31. The fourth-order valence-electron chi connectivity index (χ4n) is 2.57. The number of benzene rings is 1. The van der Waals surface area contributed by atoms with Gasteiger partial charge in [-0.3, -0.25) is 4.79 Å². The number of amides is 1. The molecule has 0 radical (unpaired) electrons. The molecule has 1 saturated heterocycles. The Balaban J connectivity index is 2.01. The quantitative estimate of drug-likeness (QED) is 0.766. The Kier molecular flexibility index (Phi) is 6.01. The number of nitrogens with zero attached hydrogens (tertiary/aromatic N) is 1. The van der Waals surface area contributed by atoms with Crippen molar-refractivity contribution >= 4 is 15.9 Å². The van der Waals surface area contributed by atoms with E-state index in [9.17, 15) is 13.2 Å². The Morgan fingerprint density at radius 3 is 2.39 bits per heavy atom. The molecule has 1 amide bonds. The Morgan fingerprint density at radius 1 is 1.26 bits per heavy atom. The molecular weight excluding hydrogens is 316 g/mol. The lowest BCUT2D eigenvalue weighted by Crippen LogP contribution is -2.41. The third kappa shape index (κ3) is 4.45. The minimum Gasteiger partial charge on any atom is -0.494 e. The summed E-state index contributed by atoms with van der Waals surface area (Å²) in [6.45, 7) is 3.36. The Bertz CT molecular complexity index is 620. The molecule has 23 heavy (non-hydrogen) atoms. The van der Waals surface area contributed by atoms with Crippen molar-refractivity contribution in [1.82, 2.24) is 4.31 Å². The van der Waals surface area contributed by atoms with Gasteiger partial charge in [-0.25, -0.2) is 8.42 Å². The third-order valence-electron chi connectivity index (χ3n) is 4.08. The van der Waals surface area contributed by atoms with Gasteiger partial charge in [0.25, 0.3) is 0 Å². The van der Waals surface area contributed by atoms with Crippen molar-refractivity contribution in [3.05, 3.63) is 24.3 Å². The number of piperidine rings is 1. The number of sulfonamides is 1. The highest BCUT2D eigenvalue weighted by molar-refractivity contribution is 7.89. The van der Waals surface area contributed by atoms with E-state index in [1.54, 1.807) is 24.3 Å².